The zero-order valence-electron chi connectivity index (χ0n) is 15.8. The van der Waals surface area contributed by atoms with Crippen LogP contribution >= 0.6 is 11.8 Å². The van der Waals surface area contributed by atoms with Crippen LogP contribution in [0, 0.1) is 5.92 Å². The van der Waals surface area contributed by atoms with E-state index in [0.717, 1.165) is 5.76 Å². The Kier molecular flexibility index (Phi) is 6.25. The number of hydrogen-bond acceptors (Lipinski definition) is 7. The van der Waals surface area contributed by atoms with Gasteiger partial charge in [-0.1, -0.05) is 25.6 Å². The fourth-order valence-corrected chi connectivity index (χ4v) is 3.25. The SMILES string of the molecule is CC(C)C(=O)Nc1ccc(C(=O)C(C)Sc2nnnn2Cc2ccco2)cc1. The van der Waals surface area contributed by atoms with E-state index in [1.807, 2.05) is 26.8 Å². The van der Waals surface area contributed by atoms with Crippen LogP contribution < -0.4 is 5.32 Å². The normalized spacial score (nSPS) is 12.1. The average molecular weight is 399 g/mol. The molecule has 0 aliphatic heterocycles. The zero-order valence-corrected chi connectivity index (χ0v) is 16.6. The van der Waals surface area contributed by atoms with Crippen LogP contribution in [0.25, 0.3) is 0 Å². The molecule has 0 saturated carbocycles. The quantitative estimate of drug-likeness (QED) is 0.458. The molecule has 0 fully saturated rings. The maximum atomic E-state index is 12.7. The van der Waals surface area contributed by atoms with Crippen LogP contribution in [-0.2, 0) is 11.3 Å². The molecule has 0 saturated heterocycles. The van der Waals surface area contributed by atoms with E-state index in [9.17, 15) is 9.59 Å². The minimum absolute atomic E-state index is 0.0423. The van der Waals surface area contributed by atoms with Crippen molar-refractivity contribution in [3.8, 4) is 0 Å². The van der Waals surface area contributed by atoms with E-state index in [4.69, 9.17) is 4.42 Å². The van der Waals surface area contributed by atoms with E-state index in [2.05, 4.69) is 20.8 Å². The number of Topliss-reactive ketones (excluding diaryl/α,β-unsaturated/α-hetero) is 1. The number of hydrogen-bond donors (Lipinski definition) is 1. The first-order valence-electron chi connectivity index (χ1n) is 8.84. The van der Waals surface area contributed by atoms with Crippen LogP contribution in [0.2, 0.25) is 0 Å². The highest BCUT2D eigenvalue weighted by molar-refractivity contribution is 8.00. The smallest absolute Gasteiger partial charge is 0.226 e. The third kappa shape index (κ3) is 4.86. The molecule has 1 amide bonds. The number of carbonyl (C=O) groups is 2. The molecule has 1 aromatic carbocycles. The molecule has 2 aromatic heterocycles. The highest BCUT2D eigenvalue weighted by Gasteiger charge is 2.20. The van der Waals surface area contributed by atoms with E-state index in [0.29, 0.717) is 23.0 Å². The Morgan fingerprint density at radius 2 is 1.93 bits per heavy atom. The first-order valence-corrected chi connectivity index (χ1v) is 9.72. The van der Waals surface area contributed by atoms with E-state index in [1.165, 1.54) is 11.8 Å². The van der Waals surface area contributed by atoms with Gasteiger partial charge >= 0.3 is 0 Å². The third-order valence-corrected chi connectivity index (χ3v) is 5.07. The Labute approximate surface area is 166 Å². The molecule has 2 heterocycles. The molecule has 1 N–H and O–H groups in total. The van der Waals surface area contributed by atoms with Gasteiger partial charge in [0.05, 0.1) is 11.5 Å². The van der Waals surface area contributed by atoms with Crippen molar-refractivity contribution in [3.63, 3.8) is 0 Å². The summed E-state index contributed by atoms with van der Waals surface area (Å²) in [5.74, 6) is 0.516. The molecule has 9 heteroatoms. The van der Waals surface area contributed by atoms with Crippen LogP contribution in [-0.4, -0.2) is 37.1 Å². The topological polar surface area (TPSA) is 103 Å². The van der Waals surface area contributed by atoms with E-state index in [1.54, 1.807) is 41.3 Å². The summed E-state index contributed by atoms with van der Waals surface area (Å²) in [6.07, 6.45) is 1.59. The number of thioether (sulfide) groups is 1. The second-order valence-electron chi connectivity index (χ2n) is 6.54. The maximum Gasteiger partial charge on any atom is 0.226 e. The fraction of sp³-hybridized carbons (Fsp3) is 0.316. The minimum Gasteiger partial charge on any atom is -0.467 e. The summed E-state index contributed by atoms with van der Waals surface area (Å²) in [5, 5.41) is 14.6. The van der Waals surface area contributed by atoms with Crippen LogP contribution in [0.15, 0.2) is 52.2 Å². The van der Waals surface area contributed by atoms with Crippen LogP contribution in [0.1, 0.15) is 36.9 Å². The van der Waals surface area contributed by atoms with Crippen molar-refractivity contribution in [3.05, 3.63) is 54.0 Å². The van der Waals surface area contributed by atoms with Gasteiger partial charge in [-0.2, -0.15) is 0 Å². The van der Waals surface area contributed by atoms with Crippen molar-refractivity contribution in [1.29, 1.82) is 0 Å². The molecule has 8 nitrogen and oxygen atoms in total. The predicted molar refractivity (Wildman–Crippen MR) is 105 cm³/mol. The first kappa shape index (κ1) is 19.8. The molecule has 0 aliphatic rings. The number of tetrazole rings is 1. The summed E-state index contributed by atoms with van der Waals surface area (Å²) in [5.41, 5.74) is 1.23. The Balaban J connectivity index is 1.63. The van der Waals surface area contributed by atoms with Gasteiger partial charge < -0.3 is 9.73 Å². The lowest BCUT2D eigenvalue weighted by Gasteiger charge is -2.11. The highest BCUT2D eigenvalue weighted by Crippen LogP contribution is 2.24. The monoisotopic (exact) mass is 399 g/mol. The largest absolute Gasteiger partial charge is 0.467 e. The average Bonchev–Trinajstić information content (AvgIpc) is 3.34. The molecule has 3 rings (SSSR count). The summed E-state index contributed by atoms with van der Waals surface area (Å²) in [7, 11) is 0. The van der Waals surface area contributed by atoms with Gasteiger partial charge in [-0.25, -0.2) is 4.68 Å². The first-order chi connectivity index (χ1) is 13.4. The van der Waals surface area contributed by atoms with Gasteiger partial charge in [-0.3, -0.25) is 9.59 Å². The van der Waals surface area contributed by atoms with E-state index in [-0.39, 0.29) is 22.9 Å². The van der Waals surface area contributed by atoms with Crippen LogP contribution in [0.5, 0.6) is 0 Å². The number of furan rings is 1. The lowest BCUT2D eigenvalue weighted by atomic mass is 10.1. The summed E-state index contributed by atoms with van der Waals surface area (Å²) in [6, 6.07) is 10.5. The molecule has 0 spiro atoms. The zero-order chi connectivity index (χ0) is 20.1. The van der Waals surface area contributed by atoms with Gasteiger partial charge in [0, 0.05) is 17.2 Å². The van der Waals surface area contributed by atoms with E-state index < -0.39 is 0 Å². The van der Waals surface area contributed by atoms with Gasteiger partial charge in [-0.05, 0) is 53.7 Å². The van der Waals surface area contributed by atoms with Gasteiger partial charge in [0.25, 0.3) is 0 Å². The third-order valence-electron chi connectivity index (χ3n) is 4.00. The van der Waals surface area contributed by atoms with Gasteiger partial charge in [-0.15, -0.1) is 5.10 Å². The Morgan fingerprint density at radius 3 is 2.57 bits per heavy atom. The Hall–Kier alpha value is -2.94. The van der Waals surface area contributed by atoms with E-state index >= 15 is 0 Å². The molecule has 28 heavy (non-hydrogen) atoms. The van der Waals surface area contributed by atoms with Crippen molar-refractivity contribution in [2.75, 3.05) is 5.32 Å². The fourth-order valence-electron chi connectivity index (χ4n) is 2.38. The lowest BCUT2D eigenvalue weighted by molar-refractivity contribution is -0.118. The molecule has 1 atom stereocenters. The number of nitrogens with zero attached hydrogens (tertiary/aromatic N) is 4. The van der Waals surface area contributed by atoms with Gasteiger partial charge in [0.2, 0.25) is 11.1 Å². The van der Waals surface area contributed by atoms with Crippen LogP contribution in [0.4, 0.5) is 5.69 Å². The molecular formula is C19H21N5O3S. The number of benzene rings is 1. The molecular weight excluding hydrogens is 378 g/mol. The summed E-state index contributed by atoms with van der Waals surface area (Å²) in [4.78, 5) is 24.5. The second-order valence-corrected chi connectivity index (χ2v) is 7.85. The van der Waals surface area contributed by atoms with Crippen LogP contribution in [0.3, 0.4) is 0 Å². The Bertz CT molecular complexity index is 935. The van der Waals surface area contributed by atoms with Gasteiger partial charge in [0.15, 0.2) is 5.78 Å². The number of ketones is 1. The number of nitrogens with one attached hydrogen (secondary N) is 1. The molecule has 0 radical (unpaired) electrons. The van der Waals surface area contributed by atoms with Crippen molar-refractivity contribution < 1.29 is 14.0 Å². The number of amides is 1. The molecule has 3 aromatic rings. The molecule has 0 aliphatic carbocycles. The summed E-state index contributed by atoms with van der Waals surface area (Å²) < 4.78 is 6.91. The van der Waals surface area contributed by atoms with Crippen molar-refractivity contribution in [1.82, 2.24) is 20.2 Å². The predicted octanol–water partition coefficient (Wildman–Crippen LogP) is 3.27. The highest BCUT2D eigenvalue weighted by atomic mass is 32.2. The molecule has 1 unspecified atom stereocenters. The standard InChI is InChI=1S/C19H21N5O3S/c1-12(2)18(26)20-15-8-6-14(7-9-15)17(25)13(3)28-19-21-22-23-24(19)11-16-5-4-10-27-16/h4-10,12-13H,11H2,1-3H3,(H,20,26). The second kappa shape index (κ2) is 8.83. The minimum atomic E-state index is -0.377. The summed E-state index contributed by atoms with van der Waals surface area (Å²) >= 11 is 1.29. The molecule has 0 bridgehead atoms. The lowest BCUT2D eigenvalue weighted by Crippen LogP contribution is -2.18. The summed E-state index contributed by atoms with van der Waals surface area (Å²) in [6.45, 7) is 5.86. The number of rotatable bonds is 8. The van der Waals surface area contributed by atoms with Gasteiger partial charge in [0.1, 0.15) is 12.3 Å². The van der Waals surface area contributed by atoms with Crippen molar-refractivity contribution >= 4 is 29.1 Å². The number of anilines is 1. The Morgan fingerprint density at radius 1 is 1.18 bits per heavy atom. The number of carbonyl (C=O) groups excluding carboxylic acids is 2. The molecule has 146 valence electrons. The maximum absolute atomic E-state index is 12.7. The number of aromatic nitrogens is 4. The van der Waals surface area contributed by atoms with Crippen molar-refractivity contribution in [2.45, 2.75) is 37.7 Å². The van der Waals surface area contributed by atoms with Crippen molar-refractivity contribution in [2.24, 2.45) is 5.92 Å².